The summed E-state index contributed by atoms with van der Waals surface area (Å²) in [6, 6.07) is 16.3. The van der Waals surface area contributed by atoms with Crippen LogP contribution in [0.5, 0.6) is 5.75 Å². The quantitative estimate of drug-likeness (QED) is 0.611. The van der Waals surface area contributed by atoms with E-state index < -0.39 is 0 Å². The van der Waals surface area contributed by atoms with Gasteiger partial charge < -0.3 is 14.5 Å². The Morgan fingerprint density at radius 1 is 1.21 bits per heavy atom. The average molecular weight is 394 g/mol. The van der Waals surface area contributed by atoms with E-state index in [4.69, 9.17) is 14.4 Å². The molecular weight excluding hydrogens is 376 g/mol. The Labute approximate surface area is 166 Å². The molecule has 1 unspecified atom stereocenters. The van der Waals surface area contributed by atoms with Gasteiger partial charge in [-0.3, -0.25) is 4.79 Å². The third-order valence-corrected chi connectivity index (χ3v) is 4.81. The molecule has 0 saturated heterocycles. The maximum Gasteiger partial charge on any atom is 0.277 e. The van der Waals surface area contributed by atoms with E-state index in [2.05, 4.69) is 21.6 Å². The van der Waals surface area contributed by atoms with Gasteiger partial charge in [-0.15, -0.1) is 10.2 Å². The van der Waals surface area contributed by atoms with Crippen molar-refractivity contribution in [1.29, 1.82) is 5.26 Å². The minimum Gasteiger partial charge on any atom is -0.497 e. The molecule has 1 heterocycles. The molecule has 0 aliphatic heterocycles. The highest BCUT2D eigenvalue weighted by Gasteiger charge is 2.13. The van der Waals surface area contributed by atoms with Crippen LogP contribution >= 0.6 is 11.8 Å². The van der Waals surface area contributed by atoms with Gasteiger partial charge in [0, 0.05) is 5.56 Å². The fourth-order valence-electron chi connectivity index (χ4n) is 2.46. The Hall–Kier alpha value is -3.31. The second kappa shape index (κ2) is 9.06. The number of benzene rings is 2. The topological polar surface area (TPSA) is 101 Å². The van der Waals surface area contributed by atoms with Gasteiger partial charge >= 0.3 is 0 Å². The van der Waals surface area contributed by atoms with E-state index in [-0.39, 0.29) is 17.7 Å². The third kappa shape index (κ3) is 4.90. The highest BCUT2D eigenvalue weighted by molar-refractivity contribution is 7.99. The minimum atomic E-state index is -0.168. The number of aromatic nitrogens is 2. The van der Waals surface area contributed by atoms with Crippen LogP contribution in [0.2, 0.25) is 0 Å². The van der Waals surface area contributed by atoms with E-state index in [1.54, 1.807) is 19.2 Å². The average Bonchev–Trinajstić information content (AvgIpc) is 3.21. The zero-order valence-electron chi connectivity index (χ0n) is 15.4. The molecule has 7 nitrogen and oxygen atoms in total. The van der Waals surface area contributed by atoms with Crippen LogP contribution in [0.15, 0.2) is 58.2 Å². The molecular formula is C20H18N4O3S. The zero-order valence-corrected chi connectivity index (χ0v) is 16.2. The van der Waals surface area contributed by atoms with Crippen molar-refractivity contribution >= 4 is 17.7 Å². The maximum atomic E-state index is 12.2. The summed E-state index contributed by atoms with van der Waals surface area (Å²) >= 11 is 1.17. The first-order valence-corrected chi connectivity index (χ1v) is 9.47. The molecule has 0 bridgehead atoms. The molecule has 0 saturated carbocycles. The first-order valence-electron chi connectivity index (χ1n) is 8.49. The minimum absolute atomic E-state index is 0.147. The van der Waals surface area contributed by atoms with Crippen LogP contribution in [0.1, 0.15) is 24.1 Å². The van der Waals surface area contributed by atoms with Crippen LogP contribution in [0.4, 0.5) is 0 Å². The monoisotopic (exact) mass is 394 g/mol. The largest absolute Gasteiger partial charge is 0.497 e. The first kappa shape index (κ1) is 19.5. The van der Waals surface area contributed by atoms with Crippen molar-refractivity contribution in [1.82, 2.24) is 15.5 Å². The highest BCUT2D eigenvalue weighted by Crippen LogP contribution is 2.25. The lowest BCUT2D eigenvalue weighted by Crippen LogP contribution is -2.28. The molecule has 0 aliphatic rings. The number of nitrogens with one attached hydrogen (secondary N) is 1. The lowest BCUT2D eigenvalue weighted by atomic mass is 10.1. The summed E-state index contributed by atoms with van der Waals surface area (Å²) in [5.41, 5.74) is 2.29. The number of nitriles is 1. The molecule has 1 amide bonds. The van der Waals surface area contributed by atoms with E-state index in [1.165, 1.54) is 11.8 Å². The number of methoxy groups -OCH3 is 1. The molecule has 0 aliphatic carbocycles. The molecule has 2 aromatic carbocycles. The number of hydrogen-bond acceptors (Lipinski definition) is 7. The van der Waals surface area contributed by atoms with Crippen LogP contribution in [0, 0.1) is 11.3 Å². The number of thioether (sulfide) groups is 1. The van der Waals surface area contributed by atoms with Crippen molar-refractivity contribution in [3.05, 3.63) is 59.7 Å². The number of carbonyl (C=O) groups excluding carboxylic acids is 1. The van der Waals surface area contributed by atoms with Gasteiger partial charge in [0.15, 0.2) is 0 Å². The van der Waals surface area contributed by atoms with E-state index in [0.29, 0.717) is 16.7 Å². The van der Waals surface area contributed by atoms with Crippen LogP contribution in [-0.4, -0.2) is 29.0 Å². The number of nitrogens with zero attached hydrogens (tertiary/aromatic N) is 3. The number of ether oxygens (including phenoxy) is 1. The number of amides is 1. The Morgan fingerprint density at radius 2 is 1.93 bits per heavy atom. The summed E-state index contributed by atoms with van der Waals surface area (Å²) in [5.74, 6) is 1.14. The van der Waals surface area contributed by atoms with Crippen molar-refractivity contribution in [3.8, 4) is 23.3 Å². The van der Waals surface area contributed by atoms with Gasteiger partial charge in [-0.2, -0.15) is 5.26 Å². The number of hydrogen-bond donors (Lipinski definition) is 1. The van der Waals surface area contributed by atoms with Gasteiger partial charge in [0.2, 0.25) is 11.8 Å². The molecule has 3 aromatic rings. The Bertz CT molecular complexity index is 978. The van der Waals surface area contributed by atoms with E-state index in [1.807, 2.05) is 43.3 Å². The fourth-order valence-corrected chi connectivity index (χ4v) is 3.03. The SMILES string of the molecule is COc1ccc(-c2nnc(SCC(=O)NC(C)c3ccc(C#N)cc3)o2)cc1. The second-order valence-electron chi connectivity index (χ2n) is 5.91. The second-order valence-corrected chi connectivity index (χ2v) is 6.84. The molecule has 1 aromatic heterocycles. The highest BCUT2D eigenvalue weighted by atomic mass is 32.2. The molecule has 0 fully saturated rings. The Kier molecular flexibility index (Phi) is 6.29. The molecule has 3 rings (SSSR count). The lowest BCUT2D eigenvalue weighted by Gasteiger charge is -2.13. The van der Waals surface area contributed by atoms with Gasteiger partial charge in [0.25, 0.3) is 5.22 Å². The molecule has 8 heteroatoms. The first-order chi connectivity index (χ1) is 13.6. The summed E-state index contributed by atoms with van der Waals surface area (Å²) in [6.07, 6.45) is 0. The van der Waals surface area contributed by atoms with Gasteiger partial charge in [-0.1, -0.05) is 23.9 Å². The number of rotatable bonds is 7. The van der Waals surface area contributed by atoms with Gasteiger partial charge in [-0.25, -0.2) is 0 Å². The molecule has 142 valence electrons. The predicted octanol–water partition coefficient (Wildman–Crippen LogP) is 3.59. The van der Waals surface area contributed by atoms with Gasteiger partial charge in [0.05, 0.1) is 30.5 Å². The van der Waals surface area contributed by atoms with E-state index in [0.717, 1.165) is 16.9 Å². The van der Waals surface area contributed by atoms with Crippen molar-refractivity contribution in [2.45, 2.75) is 18.2 Å². The normalized spacial score (nSPS) is 11.5. The van der Waals surface area contributed by atoms with Crippen molar-refractivity contribution < 1.29 is 13.9 Å². The molecule has 0 spiro atoms. The molecule has 1 atom stereocenters. The Morgan fingerprint density at radius 3 is 2.57 bits per heavy atom. The lowest BCUT2D eigenvalue weighted by molar-refractivity contribution is -0.119. The van der Waals surface area contributed by atoms with Crippen LogP contribution in [0.3, 0.4) is 0 Å². The van der Waals surface area contributed by atoms with Crippen molar-refractivity contribution in [3.63, 3.8) is 0 Å². The molecule has 1 N–H and O–H groups in total. The summed E-state index contributed by atoms with van der Waals surface area (Å²) in [6.45, 7) is 1.89. The standard InChI is InChI=1S/C20H18N4O3S/c1-13(15-5-3-14(11-21)4-6-15)22-18(25)12-28-20-24-23-19(27-20)16-7-9-17(26-2)10-8-16/h3-10,13H,12H2,1-2H3,(H,22,25). The van der Waals surface area contributed by atoms with E-state index >= 15 is 0 Å². The number of carbonyl (C=O) groups is 1. The van der Waals surface area contributed by atoms with Crippen molar-refractivity contribution in [2.24, 2.45) is 0 Å². The van der Waals surface area contributed by atoms with Crippen molar-refractivity contribution in [2.75, 3.05) is 12.9 Å². The van der Waals surface area contributed by atoms with E-state index in [9.17, 15) is 4.79 Å². The summed E-state index contributed by atoms with van der Waals surface area (Å²) in [4.78, 5) is 12.2. The maximum absolute atomic E-state index is 12.2. The summed E-state index contributed by atoms with van der Waals surface area (Å²) < 4.78 is 10.7. The van der Waals surface area contributed by atoms with Crippen LogP contribution in [-0.2, 0) is 4.79 Å². The van der Waals surface area contributed by atoms with Crippen LogP contribution < -0.4 is 10.1 Å². The summed E-state index contributed by atoms with van der Waals surface area (Å²) in [7, 11) is 1.60. The molecule has 0 radical (unpaired) electrons. The van der Waals surface area contributed by atoms with Gasteiger partial charge in [-0.05, 0) is 48.9 Å². The zero-order chi connectivity index (χ0) is 19.9. The van der Waals surface area contributed by atoms with Gasteiger partial charge in [0.1, 0.15) is 5.75 Å². The third-order valence-electron chi connectivity index (χ3n) is 3.99. The fraction of sp³-hybridized carbons (Fsp3) is 0.200. The molecule has 28 heavy (non-hydrogen) atoms. The van der Waals surface area contributed by atoms with Crippen LogP contribution in [0.25, 0.3) is 11.5 Å². The predicted molar refractivity (Wildman–Crippen MR) is 105 cm³/mol. The summed E-state index contributed by atoms with van der Waals surface area (Å²) in [5, 5.41) is 20.1. The Balaban J connectivity index is 1.53. The smallest absolute Gasteiger partial charge is 0.277 e.